The fourth-order valence-corrected chi connectivity index (χ4v) is 1.56. The normalized spacial score (nSPS) is 9.93. The Morgan fingerprint density at radius 1 is 1.79 bits per heavy atom. The van der Waals surface area contributed by atoms with Crippen molar-refractivity contribution in [3.8, 4) is 5.40 Å². The minimum absolute atomic E-state index is 0.290. The topological polar surface area (TPSA) is 50.1 Å². The second-order valence-electron chi connectivity index (χ2n) is 2.20. The number of nitrogens with zero attached hydrogens (tertiary/aromatic N) is 1. The highest BCUT2D eigenvalue weighted by Crippen LogP contribution is 2.09. The Morgan fingerprint density at radius 2 is 2.64 bits per heavy atom. The predicted octanol–water partition coefficient (Wildman–Crippen LogP) is 2.52. The van der Waals surface area contributed by atoms with Gasteiger partial charge in [0.2, 0.25) is 0 Å². The maximum atomic E-state index is 11.0. The van der Waals surface area contributed by atoms with Crippen LogP contribution in [0.2, 0.25) is 0 Å². The van der Waals surface area contributed by atoms with Crippen molar-refractivity contribution in [2.24, 2.45) is 0 Å². The Bertz CT molecular complexity index is 351. The summed E-state index contributed by atoms with van der Waals surface area (Å²) < 4.78 is 4.89. The van der Waals surface area contributed by atoms with Crippen molar-refractivity contribution in [2.45, 2.75) is 6.61 Å². The first kappa shape index (κ1) is 10.8. The van der Waals surface area contributed by atoms with E-state index in [1.54, 1.807) is 0 Å². The zero-order valence-electron chi connectivity index (χ0n) is 7.17. The summed E-state index contributed by atoms with van der Waals surface area (Å²) in [6.07, 6.45) is 1.24. The summed E-state index contributed by atoms with van der Waals surface area (Å²) in [5.41, 5.74) is 0. The van der Waals surface area contributed by atoms with Crippen molar-refractivity contribution in [2.75, 3.05) is 0 Å². The molecule has 0 unspecified atom stereocenters. The van der Waals surface area contributed by atoms with Gasteiger partial charge in [-0.1, -0.05) is 6.07 Å². The van der Waals surface area contributed by atoms with Crippen molar-refractivity contribution in [3.63, 3.8) is 0 Å². The van der Waals surface area contributed by atoms with E-state index < -0.39 is 5.97 Å². The van der Waals surface area contributed by atoms with Crippen LogP contribution in [0.5, 0.6) is 0 Å². The lowest BCUT2D eigenvalue weighted by Crippen LogP contribution is -1.98. The van der Waals surface area contributed by atoms with Gasteiger partial charge in [-0.15, -0.1) is 11.3 Å². The van der Waals surface area contributed by atoms with Crippen LogP contribution in [0.3, 0.4) is 0 Å². The summed E-state index contributed by atoms with van der Waals surface area (Å²) in [4.78, 5) is 12.0. The first-order chi connectivity index (χ1) is 6.83. The highest BCUT2D eigenvalue weighted by atomic mass is 32.2. The molecule has 0 aliphatic carbocycles. The molecule has 0 radical (unpaired) electrons. The van der Waals surface area contributed by atoms with Crippen LogP contribution in [0, 0.1) is 10.7 Å². The minimum atomic E-state index is -0.429. The number of esters is 1. The van der Waals surface area contributed by atoms with E-state index in [2.05, 4.69) is 0 Å². The summed E-state index contributed by atoms with van der Waals surface area (Å²) in [6, 6.07) is 3.79. The molecule has 0 saturated carbocycles. The fraction of sp³-hybridized carbons (Fsp3) is 0.111. The molecule has 0 fully saturated rings. The molecule has 0 aliphatic rings. The van der Waals surface area contributed by atoms with E-state index in [0.717, 1.165) is 16.6 Å². The largest absolute Gasteiger partial charge is 0.457 e. The molecular weight excluding hydrogens is 218 g/mol. The van der Waals surface area contributed by atoms with Gasteiger partial charge in [0, 0.05) is 11.0 Å². The summed E-state index contributed by atoms with van der Waals surface area (Å²) in [5, 5.41) is 13.3. The molecule has 0 N–H and O–H groups in total. The SMILES string of the molecule is N#CS/C=C\C(=O)OCc1cccs1. The third-order valence-electron chi connectivity index (χ3n) is 1.26. The molecule has 5 heteroatoms. The average Bonchev–Trinajstić information content (AvgIpc) is 2.68. The maximum Gasteiger partial charge on any atom is 0.331 e. The van der Waals surface area contributed by atoms with E-state index in [9.17, 15) is 4.79 Å². The van der Waals surface area contributed by atoms with Crippen molar-refractivity contribution in [1.29, 1.82) is 5.26 Å². The second-order valence-corrected chi connectivity index (χ2v) is 3.92. The average molecular weight is 225 g/mol. The number of carbonyl (C=O) groups excluding carboxylic acids is 1. The number of hydrogen-bond donors (Lipinski definition) is 0. The Hall–Kier alpha value is -1.25. The molecule has 14 heavy (non-hydrogen) atoms. The van der Waals surface area contributed by atoms with Crippen LogP contribution in [0.1, 0.15) is 4.88 Å². The zero-order valence-corrected chi connectivity index (χ0v) is 8.81. The lowest BCUT2D eigenvalue weighted by molar-refractivity contribution is -0.138. The first-order valence-electron chi connectivity index (χ1n) is 3.73. The van der Waals surface area contributed by atoms with Crippen LogP contribution in [-0.2, 0) is 16.1 Å². The third kappa shape index (κ3) is 4.12. The van der Waals surface area contributed by atoms with Crippen LogP contribution in [0.4, 0.5) is 0 Å². The highest BCUT2D eigenvalue weighted by Gasteiger charge is 1.98. The molecule has 1 heterocycles. The van der Waals surface area contributed by atoms with Gasteiger partial charge in [0.25, 0.3) is 0 Å². The number of thioether (sulfide) groups is 1. The van der Waals surface area contributed by atoms with E-state index in [1.165, 1.54) is 22.8 Å². The van der Waals surface area contributed by atoms with Gasteiger partial charge in [0.15, 0.2) is 0 Å². The number of nitriles is 1. The Labute approximate surface area is 90.0 Å². The number of thiophene rings is 1. The smallest absolute Gasteiger partial charge is 0.331 e. The van der Waals surface area contributed by atoms with Gasteiger partial charge in [-0.05, 0) is 28.6 Å². The van der Waals surface area contributed by atoms with Gasteiger partial charge in [0.1, 0.15) is 12.0 Å². The second kappa shape index (κ2) is 6.24. The van der Waals surface area contributed by atoms with Gasteiger partial charge in [-0.3, -0.25) is 0 Å². The zero-order chi connectivity index (χ0) is 10.2. The van der Waals surface area contributed by atoms with Gasteiger partial charge in [-0.25, -0.2) is 4.79 Å². The summed E-state index contributed by atoms with van der Waals surface area (Å²) >= 11 is 2.42. The lowest BCUT2D eigenvalue weighted by Gasteiger charge is -1.97. The van der Waals surface area contributed by atoms with Crippen molar-refractivity contribution in [3.05, 3.63) is 33.9 Å². The van der Waals surface area contributed by atoms with E-state index >= 15 is 0 Å². The maximum absolute atomic E-state index is 11.0. The quantitative estimate of drug-likeness (QED) is 0.449. The third-order valence-corrected chi connectivity index (χ3v) is 2.49. The highest BCUT2D eigenvalue weighted by molar-refractivity contribution is 8.06. The van der Waals surface area contributed by atoms with Crippen molar-refractivity contribution in [1.82, 2.24) is 0 Å². The molecule has 0 bridgehead atoms. The summed E-state index contributed by atoms with van der Waals surface area (Å²) in [5.74, 6) is -0.429. The molecular formula is C9H7NO2S2. The molecule has 1 aromatic heterocycles. The Kier molecular flexibility index (Phi) is 4.83. The summed E-state index contributed by atoms with van der Waals surface area (Å²) in [7, 11) is 0. The predicted molar refractivity (Wildman–Crippen MR) is 56.5 cm³/mol. The lowest BCUT2D eigenvalue weighted by atomic mass is 10.5. The molecule has 3 nitrogen and oxygen atoms in total. The number of ether oxygens (including phenoxy) is 1. The van der Waals surface area contributed by atoms with Crippen LogP contribution < -0.4 is 0 Å². The van der Waals surface area contributed by atoms with Crippen molar-refractivity contribution < 1.29 is 9.53 Å². The van der Waals surface area contributed by atoms with Gasteiger partial charge >= 0.3 is 5.97 Å². The van der Waals surface area contributed by atoms with Gasteiger partial charge in [0.05, 0.1) is 0 Å². The number of rotatable bonds is 4. The van der Waals surface area contributed by atoms with E-state index in [1.807, 2.05) is 22.9 Å². The standard InChI is InChI=1S/C9H7NO2S2/c10-7-13-5-3-9(11)12-6-8-2-1-4-14-8/h1-5H,6H2/b5-3-. The van der Waals surface area contributed by atoms with E-state index in [4.69, 9.17) is 10.00 Å². The Morgan fingerprint density at radius 3 is 3.29 bits per heavy atom. The van der Waals surface area contributed by atoms with Crippen LogP contribution in [-0.4, -0.2) is 5.97 Å². The first-order valence-corrected chi connectivity index (χ1v) is 5.49. The van der Waals surface area contributed by atoms with E-state index in [-0.39, 0.29) is 6.61 Å². The van der Waals surface area contributed by atoms with E-state index in [0.29, 0.717) is 0 Å². The molecule has 0 aromatic carbocycles. The fourth-order valence-electron chi connectivity index (χ4n) is 0.705. The molecule has 0 spiro atoms. The monoisotopic (exact) mass is 225 g/mol. The van der Waals surface area contributed by atoms with Crippen LogP contribution in [0.25, 0.3) is 0 Å². The molecule has 72 valence electrons. The molecule has 0 atom stereocenters. The molecule has 0 amide bonds. The number of carbonyl (C=O) groups is 1. The number of hydrogen-bond acceptors (Lipinski definition) is 5. The number of thiocyanates is 1. The molecule has 1 rings (SSSR count). The van der Waals surface area contributed by atoms with Crippen LogP contribution in [0.15, 0.2) is 29.0 Å². The molecule has 1 aromatic rings. The van der Waals surface area contributed by atoms with Gasteiger partial charge < -0.3 is 4.74 Å². The van der Waals surface area contributed by atoms with Crippen LogP contribution >= 0.6 is 23.1 Å². The van der Waals surface area contributed by atoms with Gasteiger partial charge in [-0.2, -0.15) is 5.26 Å². The molecule has 0 aliphatic heterocycles. The minimum Gasteiger partial charge on any atom is -0.457 e. The van der Waals surface area contributed by atoms with Crippen molar-refractivity contribution >= 4 is 29.1 Å². The summed E-state index contributed by atoms with van der Waals surface area (Å²) in [6.45, 7) is 0.290. The molecule has 0 saturated heterocycles. The Balaban J connectivity index is 2.26.